The molecule has 0 saturated carbocycles. The zero-order chi connectivity index (χ0) is 41.2. The summed E-state index contributed by atoms with van der Waals surface area (Å²) < 4.78 is 43.0. The number of fused-ring (bicyclic) bond motifs is 1. The van der Waals surface area contributed by atoms with Gasteiger partial charge in [-0.1, -0.05) is 54.6 Å². The van der Waals surface area contributed by atoms with E-state index in [2.05, 4.69) is 65.5 Å². The van der Waals surface area contributed by atoms with E-state index in [1.165, 1.54) is 0 Å². The van der Waals surface area contributed by atoms with Crippen LogP contribution in [0.25, 0.3) is 11.2 Å². The molecule has 6 rings (SSSR count). The van der Waals surface area contributed by atoms with Gasteiger partial charge in [0.05, 0.1) is 64.9 Å². The Kier molecular flexibility index (Phi) is 14.4. The smallest absolute Gasteiger partial charge is 0.259 e. The van der Waals surface area contributed by atoms with Crippen LogP contribution in [0.2, 0.25) is 0 Å². The van der Waals surface area contributed by atoms with E-state index in [4.69, 9.17) is 33.0 Å². The predicted octanol–water partition coefficient (Wildman–Crippen LogP) is 8.02. The van der Waals surface area contributed by atoms with Crippen molar-refractivity contribution in [1.29, 1.82) is 5.26 Å². The van der Waals surface area contributed by atoms with Gasteiger partial charge >= 0.3 is 0 Å². The highest BCUT2D eigenvalue weighted by molar-refractivity contribution is 7.44. The standard InChI is InChI=1S/C43H53N8O6P/c1-30(2)51(31(3)4)58(55-24-12-23-44)57-38-25-40(50-29-46-37-26-45-42(48-41(37)50)47-28-49(5)6)56-39(38)27-54-43(32-13-10-9-11-14-32,33-15-19-35(52-7)20-16-33)34-17-21-36(53-8)22-18-34/h9-11,13-22,26,28-31,38-40H,12,24-25,27H2,1-8H3/t38-,39+,40+,58?/m0/s1. The maximum atomic E-state index is 9.40. The fourth-order valence-corrected chi connectivity index (χ4v) is 8.84. The molecule has 1 saturated heterocycles. The van der Waals surface area contributed by atoms with Crippen LogP contribution in [0.4, 0.5) is 5.95 Å². The van der Waals surface area contributed by atoms with Gasteiger partial charge in [0.15, 0.2) is 5.65 Å². The molecule has 0 N–H and O–H groups in total. The van der Waals surface area contributed by atoms with Gasteiger partial charge < -0.3 is 32.9 Å². The summed E-state index contributed by atoms with van der Waals surface area (Å²) in [5.41, 5.74) is 2.82. The van der Waals surface area contributed by atoms with Crippen molar-refractivity contribution in [3.63, 3.8) is 0 Å². The molecule has 5 aromatic rings. The van der Waals surface area contributed by atoms with Gasteiger partial charge in [-0.05, 0) is 68.7 Å². The van der Waals surface area contributed by atoms with Gasteiger partial charge in [0, 0.05) is 32.6 Å². The average molecular weight is 809 g/mol. The average Bonchev–Trinajstić information content (AvgIpc) is 3.84. The molecule has 15 heteroatoms. The largest absolute Gasteiger partial charge is 0.497 e. The SMILES string of the molecule is COc1ccc(C(OC[C@H]2O[C@@H](n3cnc4cnc(N=CN(C)C)nc43)C[C@@H]2OP(OCCC#N)N(C(C)C)C(C)C)(c2ccccc2)c2ccc(OC)cc2)cc1. The first kappa shape index (κ1) is 42.6. The summed E-state index contributed by atoms with van der Waals surface area (Å²) in [7, 11) is 5.46. The number of hydrogen-bond acceptors (Lipinski definition) is 12. The van der Waals surface area contributed by atoms with Crippen LogP contribution in [0.3, 0.4) is 0 Å². The summed E-state index contributed by atoms with van der Waals surface area (Å²) in [4.78, 5) is 20.0. The number of benzene rings is 3. The van der Waals surface area contributed by atoms with E-state index in [0.29, 0.717) is 23.5 Å². The van der Waals surface area contributed by atoms with Crippen LogP contribution in [-0.4, -0.2) is 101 Å². The lowest BCUT2D eigenvalue weighted by Gasteiger charge is -2.39. The Morgan fingerprint density at radius 1 is 0.931 bits per heavy atom. The number of methoxy groups -OCH3 is 2. The Morgan fingerprint density at radius 2 is 1.55 bits per heavy atom. The third-order valence-corrected chi connectivity index (χ3v) is 11.9. The highest BCUT2D eigenvalue weighted by Crippen LogP contribution is 2.51. The molecular weight excluding hydrogens is 755 g/mol. The molecule has 306 valence electrons. The maximum absolute atomic E-state index is 9.40. The maximum Gasteiger partial charge on any atom is 0.259 e. The molecule has 3 heterocycles. The van der Waals surface area contributed by atoms with Crippen molar-refractivity contribution < 1.29 is 28.0 Å². The Balaban J connectivity index is 1.43. The van der Waals surface area contributed by atoms with Gasteiger partial charge in [0.1, 0.15) is 34.9 Å². The minimum atomic E-state index is -1.62. The van der Waals surface area contributed by atoms with Crippen molar-refractivity contribution in [3.05, 3.63) is 108 Å². The molecule has 14 nitrogen and oxygen atoms in total. The van der Waals surface area contributed by atoms with E-state index in [0.717, 1.165) is 28.2 Å². The second kappa shape index (κ2) is 19.6. The zero-order valence-electron chi connectivity index (χ0n) is 34.4. The van der Waals surface area contributed by atoms with Crippen LogP contribution in [0.1, 0.15) is 63.5 Å². The fraction of sp³-hybridized carbons (Fsp3) is 0.419. The third-order valence-electron chi connectivity index (χ3n) is 9.72. The highest BCUT2D eigenvalue weighted by atomic mass is 31.2. The van der Waals surface area contributed by atoms with Gasteiger partial charge in [0.2, 0.25) is 0 Å². The Labute approximate surface area is 342 Å². The van der Waals surface area contributed by atoms with Crippen molar-refractivity contribution in [2.75, 3.05) is 41.5 Å². The molecule has 58 heavy (non-hydrogen) atoms. The van der Waals surface area contributed by atoms with Crippen LogP contribution in [0, 0.1) is 11.3 Å². The van der Waals surface area contributed by atoms with E-state index < -0.39 is 32.6 Å². The van der Waals surface area contributed by atoms with Crippen LogP contribution in [-0.2, 0) is 24.1 Å². The van der Waals surface area contributed by atoms with Crippen molar-refractivity contribution in [3.8, 4) is 17.6 Å². The van der Waals surface area contributed by atoms with Gasteiger partial charge in [-0.2, -0.15) is 10.2 Å². The molecule has 1 unspecified atom stereocenters. The van der Waals surface area contributed by atoms with E-state index in [1.54, 1.807) is 33.1 Å². The minimum Gasteiger partial charge on any atom is -0.497 e. The second-order valence-electron chi connectivity index (χ2n) is 14.6. The van der Waals surface area contributed by atoms with Gasteiger partial charge in [0.25, 0.3) is 14.5 Å². The molecule has 1 aliphatic rings. The Morgan fingerprint density at radius 3 is 2.12 bits per heavy atom. The summed E-state index contributed by atoms with van der Waals surface area (Å²) in [6.07, 6.45) is 4.10. The first-order valence-corrected chi connectivity index (χ1v) is 20.5. The molecule has 0 radical (unpaired) electrons. The molecule has 0 amide bonds. The van der Waals surface area contributed by atoms with Gasteiger partial charge in [-0.3, -0.25) is 4.57 Å². The topological polar surface area (TPSA) is 142 Å². The van der Waals surface area contributed by atoms with Crippen molar-refractivity contribution in [1.82, 2.24) is 29.1 Å². The lowest BCUT2D eigenvalue weighted by atomic mass is 9.80. The summed E-state index contributed by atoms with van der Waals surface area (Å²) >= 11 is 0. The third kappa shape index (κ3) is 9.64. The number of imidazole rings is 1. The molecule has 0 spiro atoms. The van der Waals surface area contributed by atoms with E-state index in [1.807, 2.05) is 90.3 Å². The van der Waals surface area contributed by atoms with Crippen LogP contribution < -0.4 is 9.47 Å². The number of aromatic nitrogens is 4. The lowest BCUT2D eigenvalue weighted by molar-refractivity contribution is -0.0912. The number of hydrogen-bond donors (Lipinski definition) is 0. The first-order valence-electron chi connectivity index (χ1n) is 19.4. The Hall–Kier alpha value is -5.00. The van der Waals surface area contributed by atoms with E-state index in [9.17, 15) is 5.26 Å². The highest BCUT2D eigenvalue weighted by Gasteiger charge is 2.45. The fourth-order valence-electron chi connectivity index (χ4n) is 7.08. The normalized spacial score (nSPS) is 17.7. The zero-order valence-corrected chi connectivity index (χ0v) is 35.3. The van der Waals surface area contributed by atoms with Gasteiger partial charge in [-0.15, -0.1) is 0 Å². The molecule has 1 aliphatic heterocycles. The summed E-state index contributed by atoms with van der Waals surface area (Å²) in [5, 5.41) is 9.40. The summed E-state index contributed by atoms with van der Waals surface area (Å²) in [6, 6.07) is 28.4. The van der Waals surface area contributed by atoms with Crippen LogP contribution >= 0.6 is 8.53 Å². The van der Waals surface area contributed by atoms with Crippen molar-refractivity contribution in [2.45, 2.75) is 76.7 Å². The minimum absolute atomic E-state index is 0.104. The number of ether oxygens (including phenoxy) is 4. The van der Waals surface area contributed by atoms with Crippen molar-refractivity contribution in [2.24, 2.45) is 4.99 Å². The molecular formula is C43H53N8O6P. The van der Waals surface area contributed by atoms with Crippen LogP contribution in [0.5, 0.6) is 11.5 Å². The predicted molar refractivity (Wildman–Crippen MR) is 224 cm³/mol. The number of rotatable bonds is 19. The molecule has 2 aromatic heterocycles. The van der Waals surface area contributed by atoms with E-state index >= 15 is 0 Å². The number of nitriles is 1. The molecule has 4 atom stereocenters. The number of nitrogens with zero attached hydrogens (tertiary/aromatic N) is 8. The van der Waals surface area contributed by atoms with Crippen molar-refractivity contribution >= 4 is 32.0 Å². The van der Waals surface area contributed by atoms with E-state index in [-0.39, 0.29) is 31.7 Å². The quantitative estimate of drug-likeness (QED) is 0.0262. The molecule has 3 aromatic carbocycles. The first-order chi connectivity index (χ1) is 28.1. The second-order valence-corrected chi connectivity index (χ2v) is 16.0. The monoisotopic (exact) mass is 808 g/mol. The summed E-state index contributed by atoms with van der Waals surface area (Å²) in [6.45, 7) is 8.83. The molecule has 0 bridgehead atoms. The van der Waals surface area contributed by atoms with Gasteiger partial charge in [-0.25, -0.2) is 19.6 Å². The number of aliphatic imine (C=N–C) groups is 1. The molecule has 1 fully saturated rings. The summed E-state index contributed by atoms with van der Waals surface area (Å²) in [5.74, 6) is 1.76. The molecule has 0 aliphatic carbocycles. The lowest BCUT2D eigenvalue weighted by Crippen LogP contribution is -2.39. The Bertz CT molecular complexity index is 2070. The van der Waals surface area contributed by atoms with Crippen LogP contribution in [0.15, 0.2) is 96.4 Å².